The number of ether oxygens (including phenoxy) is 1. The number of Topliss-reactive ketones (excluding diaryl/α,β-unsaturated/α-hetero) is 1. The summed E-state index contributed by atoms with van der Waals surface area (Å²) in [5.74, 6) is 0.977. The van der Waals surface area contributed by atoms with Gasteiger partial charge < -0.3 is 4.74 Å². The first-order valence-corrected chi connectivity index (χ1v) is 13.2. The maximum atomic E-state index is 13.2. The molecule has 1 aliphatic carbocycles. The summed E-state index contributed by atoms with van der Waals surface area (Å²) in [6.45, 7) is 21.9. The Morgan fingerprint density at radius 1 is 1.00 bits per heavy atom. The van der Waals surface area contributed by atoms with Crippen LogP contribution in [0, 0.1) is 11.3 Å². The lowest BCUT2D eigenvalue weighted by Crippen LogP contribution is -2.53. The lowest BCUT2D eigenvalue weighted by atomic mass is 9.62. The van der Waals surface area contributed by atoms with Gasteiger partial charge in [0, 0.05) is 18.4 Å². The largest absolute Gasteiger partial charge is 0.378 e. The molecule has 2 unspecified atom stereocenters. The molecule has 148 valence electrons. The molecule has 0 aromatic heterocycles. The maximum absolute atomic E-state index is 13.2. The van der Waals surface area contributed by atoms with Crippen LogP contribution in [0.3, 0.4) is 0 Å². The Morgan fingerprint density at radius 2 is 1.48 bits per heavy atom. The van der Waals surface area contributed by atoms with E-state index in [0.717, 1.165) is 42.5 Å². The number of carbonyl (C=O) groups is 1. The Morgan fingerprint density at radius 3 is 1.84 bits per heavy atom. The lowest BCUT2D eigenvalue weighted by Gasteiger charge is -2.52. The Balaban J connectivity index is 3.31. The normalized spacial score (nSPS) is 24.6. The van der Waals surface area contributed by atoms with Crippen molar-refractivity contribution in [2.24, 2.45) is 11.3 Å². The third-order valence-corrected chi connectivity index (χ3v) is 15.4. The molecule has 2 atom stereocenters. The quantitative estimate of drug-likeness (QED) is 0.416. The van der Waals surface area contributed by atoms with Crippen LogP contribution in [0.25, 0.3) is 0 Å². The van der Waals surface area contributed by atoms with Gasteiger partial charge in [0.15, 0.2) is 0 Å². The van der Waals surface area contributed by atoms with Crippen LogP contribution in [0.5, 0.6) is 0 Å². The first kappa shape index (κ1) is 22.9. The summed E-state index contributed by atoms with van der Waals surface area (Å²) in [5.41, 5.74) is 2.15. The van der Waals surface area contributed by atoms with E-state index in [0.29, 0.717) is 18.1 Å². The smallest absolute Gasteiger partial charge is 0.141 e. The molecule has 1 aliphatic rings. The van der Waals surface area contributed by atoms with Crippen molar-refractivity contribution in [3.05, 3.63) is 0 Å². The Hall–Kier alpha value is -0.153. The summed E-state index contributed by atoms with van der Waals surface area (Å²) in [7, 11) is -1.53. The zero-order chi connectivity index (χ0) is 19.4. The molecule has 0 aliphatic heterocycles. The average Bonchev–Trinajstić information content (AvgIpc) is 2.52. The van der Waals surface area contributed by atoms with Gasteiger partial charge in [0.1, 0.15) is 5.78 Å². The van der Waals surface area contributed by atoms with E-state index >= 15 is 0 Å². The predicted molar refractivity (Wildman–Crippen MR) is 112 cm³/mol. The molecule has 0 aromatic rings. The molecule has 0 N–H and O–H groups in total. The van der Waals surface area contributed by atoms with E-state index < -0.39 is 8.07 Å². The van der Waals surface area contributed by atoms with E-state index in [4.69, 9.17) is 4.74 Å². The van der Waals surface area contributed by atoms with E-state index in [1.165, 1.54) is 6.04 Å². The van der Waals surface area contributed by atoms with E-state index in [2.05, 4.69) is 62.3 Å². The predicted octanol–water partition coefficient (Wildman–Crippen LogP) is 6.86. The molecule has 1 rings (SSSR count). The van der Waals surface area contributed by atoms with E-state index in [1.807, 2.05) is 0 Å². The van der Waals surface area contributed by atoms with Gasteiger partial charge in [-0.05, 0) is 32.1 Å². The van der Waals surface area contributed by atoms with Gasteiger partial charge in [-0.2, -0.15) is 0 Å². The Bertz CT molecular complexity index is 402. The highest BCUT2D eigenvalue weighted by atomic mass is 28.3. The number of hydrogen-bond donors (Lipinski definition) is 0. The fourth-order valence-electron chi connectivity index (χ4n) is 6.26. The second-order valence-electron chi connectivity index (χ2n) is 9.28. The molecular weight excluding hydrogens is 324 g/mol. The fourth-order valence-corrected chi connectivity index (χ4v) is 13.1. The SMILES string of the molecule is CCOC1CC(=O)C(CC)(CC)C(C[Si](C(C)C)(C(C)C)C(C)C)C1. The van der Waals surface area contributed by atoms with Crippen molar-refractivity contribution in [1.82, 2.24) is 0 Å². The monoisotopic (exact) mass is 368 g/mol. The highest BCUT2D eigenvalue weighted by Gasteiger charge is 2.53. The molecule has 3 heteroatoms. The van der Waals surface area contributed by atoms with Gasteiger partial charge in [-0.15, -0.1) is 0 Å². The minimum Gasteiger partial charge on any atom is -0.378 e. The third-order valence-electron chi connectivity index (χ3n) is 7.79. The highest BCUT2D eigenvalue weighted by molar-refractivity contribution is 6.83. The molecule has 0 heterocycles. The second-order valence-corrected chi connectivity index (χ2v) is 15.4. The summed E-state index contributed by atoms with van der Waals surface area (Å²) < 4.78 is 5.96. The first-order valence-electron chi connectivity index (χ1n) is 10.8. The first-order chi connectivity index (χ1) is 11.6. The molecule has 0 bridgehead atoms. The van der Waals surface area contributed by atoms with Crippen molar-refractivity contribution in [2.75, 3.05) is 6.61 Å². The molecule has 25 heavy (non-hydrogen) atoms. The summed E-state index contributed by atoms with van der Waals surface area (Å²) in [6, 6.07) is 1.29. The van der Waals surface area contributed by atoms with Crippen molar-refractivity contribution in [3.8, 4) is 0 Å². The van der Waals surface area contributed by atoms with Gasteiger partial charge in [-0.25, -0.2) is 0 Å². The average molecular weight is 369 g/mol. The molecule has 1 fully saturated rings. The van der Waals surface area contributed by atoms with Crippen molar-refractivity contribution in [1.29, 1.82) is 0 Å². The second kappa shape index (κ2) is 9.17. The van der Waals surface area contributed by atoms with Gasteiger partial charge in [0.2, 0.25) is 0 Å². The zero-order valence-corrected chi connectivity index (χ0v) is 19.4. The Labute approximate surface area is 158 Å². The van der Waals surface area contributed by atoms with Crippen LogP contribution in [0.1, 0.15) is 88.0 Å². The molecular formula is C22H44O2Si. The molecule has 0 spiro atoms. The molecule has 1 saturated carbocycles. The van der Waals surface area contributed by atoms with E-state index in [1.54, 1.807) is 0 Å². The minimum absolute atomic E-state index is 0.107. The minimum atomic E-state index is -1.53. The maximum Gasteiger partial charge on any atom is 0.141 e. The van der Waals surface area contributed by atoms with Crippen LogP contribution in [0.2, 0.25) is 22.7 Å². The highest BCUT2D eigenvalue weighted by Crippen LogP contribution is 2.54. The molecule has 0 aromatic carbocycles. The third kappa shape index (κ3) is 4.23. The topological polar surface area (TPSA) is 26.3 Å². The van der Waals surface area contributed by atoms with Crippen molar-refractivity contribution < 1.29 is 9.53 Å². The van der Waals surface area contributed by atoms with Gasteiger partial charge in [-0.3, -0.25) is 4.79 Å². The fraction of sp³-hybridized carbons (Fsp3) is 0.955. The van der Waals surface area contributed by atoms with E-state index in [-0.39, 0.29) is 11.5 Å². The Kier molecular flexibility index (Phi) is 8.39. The van der Waals surface area contributed by atoms with E-state index in [9.17, 15) is 4.79 Å². The number of ketones is 1. The van der Waals surface area contributed by atoms with Gasteiger partial charge in [0.25, 0.3) is 0 Å². The molecule has 0 saturated heterocycles. The van der Waals surface area contributed by atoms with Crippen molar-refractivity contribution in [2.45, 2.75) is 117 Å². The van der Waals surface area contributed by atoms with Crippen molar-refractivity contribution in [3.63, 3.8) is 0 Å². The lowest BCUT2D eigenvalue weighted by molar-refractivity contribution is -0.142. The van der Waals surface area contributed by atoms with Crippen LogP contribution in [-0.4, -0.2) is 26.6 Å². The number of rotatable bonds is 9. The number of hydrogen-bond acceptors (Lipinski definition) is 2. The molecule has 0 amide bonds. The summed E-state index contributed by atoms with van der Waals surface area (Å²) in [5, 5.41) is 0. The van der Waals surface area contributed by atoms with Crippen LogP contribution >= 0.6 is 0 Å². The van der Waals surface area contributed by atoms with Gasteiger partial charge >= 0.3 is 0 Å². The number of carbonyl (C=O) groups excluding carboxylic acids is 1. The molecule has 2 nitrogen and oxygen atoms in total. The van der Waals surface area contributed by atoms with Crippen LogP contribution < -0.4 is 0 Å². The van der Waals surface area contributed by atoms with Crippen LogP contribution in [-0.2, 0) is 9.53 Å². The summed E-state index contributed by atoms with van der Waals surface area (Å²) >= 11 is 0. The summed E-state index contributed by atoms with van der Waals surface area (Å²) in [6.07, 6.45) is 3.84. The van der Waals surface area contributed by atoms with Gasteiger partial charge in [-0.1, -0.05) is 78.1 Å². The standard InChI is InChI=1S/C22H44O2Si/c1-10-22(11-2)19(13-20(24-12-3)14-21(22)23)15-25(16(4)5,17(6)7)18(8)9/h16-20H,10-15H2,1-9H3. The molecule has 0 radical (unpaired) electrons. The summed E-state index contributed by atoms with van der Waals surface area (Å²) in [4.78, 5) is 13.2. The van der Waals surface area contributed by atoms with Crippen LogP contribution in [0.15, 0.2) is 0 Å². The van der Waals surface area contributed by atoms with Crippen molar-refractivity contribution >= 4 is 13.9 Å². The zero-order valence-electron chi connectivity index (χ0n) is 18.4. The van der Waals surface area contributed by atoms with Crippen LogP contribution in [0.4, 0.5) is 0 Å². The van der Waals surface area contributed by atoms with Gasteiger partial charge in [0.05, 0.1) is 14.2 Å².